The molecule has 0 amide bonds. The Labute approximate surface area is 101 Å². The molecule has 2 N–H and O–H groups in total. The number of aryl methyl sites for hydroxylation is 2. The molecule has 0 aliphatic rings. The van der Waals surface area contributed by atoms with E-state index in [1.807, 2.05) is 19.3 Å². The lowest BCUT2D eigenvalue weighted by atomic mass is 10.0. The lowest BCUT2D eigenvalue weighted by molar-refractivity contribution is 0.668. The van der Waals surface area contributed by atoms with Crippen LogP contribution >= 0.6 is 0 Å². The Morgan fingerprint density at radius 2 is 2.29 bits per heavy atom. The van der Waals surface area contributed by atoms with Crippen LogP contribution in [0.4, 0.5) is 0 Å². The number of hydrogen-bond acceptors (Lipinski definition) is 4. The Kier molecular flexibility index (Phi) is 3.49. The van der Waals surface area contributed by atoms with Crippen molar-refractivity contribution >= 4 is 0 Å². The molecule has 2 aromatic heterocycles. The number of nitrogens with zero attached hydrogens (tertiary/aromatic N) is 4. The first-order chi connectivity index (χ1) is 8.20. The van der Waals surface area contributed by atoms with Crippen molar-refractivity contribution in [3.05, 3.63) is 41.5 Å². The predicted octanol–water partition coefficient (Wildman–Crippen LogP) is 1.01. The van der Waals surface area contributed by atoms with Crippen LogP contribution in [0, 0.1) is 0 Å². The summed E-state index contributed by atoms with van der Waals surface area (Å²) >= 11 is 0. The molecule has 0 saturated carbocycles. The smallest absolute Gasteiger partial charge is 0.0846 e. The predicted molar refractivity (Wildman–Crippen MR) is 65.3 cm³/mol. The van der Waals surface area contributed by atoms with E-state index in [1.54, 1.807) is 10.9 Å². The maximum Gasteiger partial charge on any atom is 0.0846 e. The second kappa shape index (κ2) is 5.05. The molecule has 0 bridgehead atoms. The van der Waals surface area contributed by atoms with Gasteiger partial charge in [-0.3, -0.25) is 9.67 Å². The van der Waals surface area contributed by atoms with Gasteiger partial charge in [0.05, 0.1) is 17.4 Å². The van der Waals surface area contributed by atoms with Crippen molar-refractivity contribution in [2.45, 2.75) is 25.8 Å². The molecule has 17 heavy (non-hydrogen) atoms. The van der Waals surface area contributed by atoms with Crippen LogP contribution in [0.3, 0.4) is 0 Å². The zero-order valence-corrected chi connectivity index (χ0v) is 10.2. The molecule has 5 nitrogen and oxygen atoms in total. The van der Waals surface area contributed by atoms with E-state index in [0.717, 1.165) is 17.8 Å². The fraction of sp³-hybridized carbons (Fsp3) is 0.417. The molecule has 0 saturated heterocycles. The molecule has 5 heteroatoms. The third-order valence-corrected chi connectivity index (χ3v) is 2.74. The minimum absolute atomic E-state index is 0.122. The Bertz CT molecular complexity index is 491. The van der Waals surface area contributed by atoms with E-state index < -0.39 is 0 Å². The normalized spacial score (nSPS) is 12.6. The number of pyridine rings is 1. The summed E-state index contributed by atoms with van der Waals surface area (Å²) in [7, 11) is 1.85. The Morgan fingerprint density at radius 3 is 2.94 bits per heavy atom. The SMILES string of the molecule is CCc1cccnc1C(N)Cc1cn(C)nn1. The van der Waals surface area contributed by atoms with Crippen molar-refractivity contribution in [3.8, 4) is 0 Å². The lowest BCUT2D eigenvalue weighted by Crippen LogP contribution is -2.17. The first-order valence-corrected chi connectivity index (χ1v) is 5.75. The van der Waals surface area contributed by atoms with Gasteiger partial charge in [0.15, 0.2) is 0 Å². The first-order valence-electron chi connectivity index (χ1n) is 5.75. The quantitative estimate of drug-likeness (QED) is 0.852. The molecule has 2 aromatic rings. The third kappa shape index (κ3) is 2.68. The molecular formula is C12H17N5. The molecule has 0 aromatic carbocycles. The van der Waals surface area contributed by atoms with Gasteiger partial charge in [0.1, 0.15) is 0 Å². The number of rotatable bonds is 4. The van der Waals surface area contributed by atoms with Gasteiger partial charge in [-0.2, -0.15) is 0 Å². The van der Waals surface area contributed by atoms with E-state index >= 15 is 0 Å². The van der Waals surface area contributed by atoms with Gasteiger partial charge in [-0.25, -0.2) is 0 Å². The fourth-order valence-electron chi connectivity index (χ4n) is 1.89. The minimum Gasteiger partial charge on any atom is -0.322 e. The summed E-state index contributed by atoms with van der Waals surface area (Å²) in [4.78, 5) is 4.37. The van der Waals surface area contributed by atoms with Gasteiger partial charge in [-0.05, 0) is 18.1 Å². The van der Waals surface area contributed by atoms with Crippen LogP contribution in [-0.2, 0) is 19.9 Å². The third-order valence-electron chi connectivity index (χ3n) is 2.74. The van der Waals surface area contributed by atoms with Crippen LogP contribution in [0.2, 0.25) is 0 Å². The summed E-state index contributed by atoms with van der Waals surface area (Å²) in [5.41, 5.74) is 9.23. The summed E-state index contributed by atoms with van der Waals surface area (Å²) in [5.74, 6) is 0. The van der Waals surface area contributed by atoms with Gasteiger partial charge in [-0.1, -0.05) is 18.2 Å². The average molecular weight is 231 g/mol. The highest BCUT2D eigenvalue weighted by atomic mass is 15.4. The molecule has 1 atom stereocenters. The summed E-state index contributed by atoms with van der Waals surface area (Å²) in [6, 6.07) is 3.89. The van der Waals surface area contributed by atoms with E-state index in [2.05, 4.69) is 28.3 Å². The van der Waals surface area contributed by atoms with Crippen molar-refractivity contribution in [3.63, 3.8) is 0 Å². The van der Waals surface area contributed by atoms with Crippen LogP contribution in [0.5, 0.6) is 0 Å². The second-order valence-corrected chi connectivity index (χ2v) is 4.10. The Morgan fingerprint density at radius 1 is 1.47 bits per heavy atom. The largest absolute Gasteiger partial charge is 0.322 e. The summed E-state index contributed by atoms with van der Waals surface area (Å²) in [6.07, 6.45) is 5.27. The number of hydrogen-bond donors (Lipinski definition) is 1. The van der Waals surface area contributed by atoms with Crippen molar-refractivity contribution in [1.29, 1.82) is 0 Å². The fourth-order valence-corrected chi connectivity index (χ4v) is 1.89. The lowest BCUT2D eigenvalue weighted by Gasteiger charge is -2.12. The van der Waals surface area contributed by atoms with Crippen LogP contribution in [0.1, 0.15) is 29.9 Å². The molecule has 90 valence electrons. The van der Waals surface area contributed by atoms with Gasteiger partial charge in [-0.15, -0.1) is 5.10 Å². The highest BCUT2D eigenvalue weighted by Crippen LogP contribution is 2.17. The number of nitrogens with two attached hydrogens (primary N) is 1. The van der Waals surface area contributed by atoms with E-state index in [4.69, 9.17) is 5.73 Å². The minimum atomic E-state index is -0.122. The highest BCUT2D eigenvalue weighted by molar-refractivity contribution is 5.23. The Hall–Kier alpha value is -1.75. The van der Waals surface area contributed by atoms with E-state index in [9.17, 15) is 0 Å². The Balaban J connectivity index is 2.16. The molecule has 2 rings (SSSR count). The average Bonchev–Trinajstić information content (AvgIpc) is 2.74. The maximum absolute atomic E-state index is 6.17. The second-order valence-electron chi connectivity index (χ2n) is 4.10. The van der Waals surface area contributed by atoms with Crippen LogP contribution in [0.15, 0.2) is 24.5 Å². The van der Waals surface area contributed by atoms with Crippen molar-refractivity contribution in [1.82, 2.24) is 20.0 Å². The molecule has 0 radical (unpaired) electrons. The van der Waals surface area contributed by atoms with Gasteiger partial charge in [0, 0.05) is 25.9 Å². The van der Waals surface area contributed by atoms with Gasteiger partial charge < -0.3 is 5.73 Å². The molecule has 0 fully saturated rings. The summed E-state index contributed by atoms with van der Waals surface area (Å²) < 4.78 is 1.68. The van der Waals surface area contributed by atoms with Gasteiger partial charge >= 0.3 is 0 Å². The van der Waals surface area contributed by atoms with Crippen molar-refractivity contribution < 1.29 is 0 Å². The van der Waals surface area contributed by atoms with Crippen molar-refractivity contribution in [2.24, 2.45) is 12.8 Å². The van der Waals surface area contributed by atoms with Gasteiger partial charge in [0.25, 0.3) is 0 Å². The molecule has 2 heterocycles. The molecule has 0 aliphatic heterocycles. The standard InChI is InChI=1S/C12H17N5/c1-3-9-5-4-6-14-12(9)11(13)7-10-8-17(2)16-15-10/h4-6,8,11H,3,7,13H2,1-2H3. The number of aromatic nitrogens is 4. The molecule has 0 spiro atoms. The molecule has 1 unspecified atom stereocenters. The highest BCUT2D eigenvalue weighted by Gasteiger charge is 2.13. The topological polar surface area (TPSA) is 69.6 Å². The van der Waals surface area contributed by atoms with Crippen molar-refractivity contribution in [2.75, 3.05) is 0 Å². The summed E-state index contributed by atoms with van der Waals surface area (Å²) in [6.45, 7) is 2.11. The molecule has 0 aliphatic carbocycles. The van der Waals surface area contributed by atoms with Crippen LogP contribution in [0.25, 0.3) is 0 Å². The van der Waals surface area contributed by atoms with E-state index in [0.29, 0.717) is 6.42 Å². The summed E-state index contributed by atoms with van der Waals surface area (Å²) in [5, 5.41) is 7.94. The van der Waals surface area contributed by atoms with E-state index in [1.165, 1.54) is 5.56 Å². The first kappa shape index (κ1) is 11.7. The van der Waals surface area contributed by atoms with Gasteiger partial charge in [0.2, 0.25) is 0 Å². The molecular weight excluding hydrogens is 214 g/mol. The van der Waals surface area contributed by atoms with Crippen LogP contribution in [-0.4, -0.2) is 20.0 Å². The maximum atomic E-state index is 6.17. The van der Waals surface area contributed by atoms with Crippen LogP contribution < -0.4 is 5.73 Å². The zero-order valence-electron chi connectivity index (χ0n) is 10.2. The van der Waals surface area contributed by atoms with E-state index in [-0.39, 0.29) is 6.04 Å². The zero-order chi connectivity index (χ0) is 12.3. The monoisotopic (exact) mass is 231 g/mol.